The van der Waals surface area contributed by atoms with E-state index in [1.807, 2.05) is 26.0 Å². The fourth-order valence-electron chi connectivity index (χ4n) is 1.99. The number of carbonyl (C=O) groups is 1. The summed E-state index contributed by atoms with van der Waals surface area (Å²) in [4.78, 5) is 11.9. The van der Waals surface area contributed by atoms with Crippen molar-refractivity contribution in [2.24, 2.45) is 11.7 Å². The number of rotatable bonds is 5. The highest BCUT2D eigenvalue weighted by Gasteiger charge is 2.22. The molecule has 0 aliphatic carbocycles. The molecule has 0 fully saturated rings. The molecule has 0 radical (unpaired) electrons. The summed E-state index contributed by atoms with van der Waals surface area (Å²) >= 11 is 0. The Balaban J connectivity index is 1.95. The molecular formula is C15H22N2O3. The molecule has 5 nitrogen and oxygen atoms in total. The molecule has 0 saturated heterocycles. The molecule has 1 aliphatic heterocycles. The van der Waals surface area contributed by atoms with Gasteiger partial charge in [-0.3, -0.25) is 4.79 Å². The second-order valence-electron chi connectivity index (χ2n) is 5.52. The van der Waals surface area contributed by atoms with E-state index in [-0.39, 0.29) is 11.9 Å². The minimum atomic E-state index is -0.540. The maximum Gasteiger partial charge on any atom is 0.260 e. The van der Waals surface area contributed by atoms with Crippen LogP contribution in [0, 0.1) is 5.92 Å². The highest BCUT2D eigenvalue weighted by atomic mass is 16.5. The van der Waals surface area contributed by atoms with E-state index in [2.05, 4.69) is 5.32 Å². The molecule has 3 N–H and O–H groups in total. The summed E-state index contributed by atoms with van der Waals surface area (Å²) in [5.74, 6) is 1.66. The van der Waals surface area contributed by atoms with Gasteiger partial charge in [0.15, 0.2) is 6.10 Å². The molecule has 2 rings (SSSR count). The lowest BCUT2D eigenvalue weighted by Crippen LogP contribution is -2.38. The van der Waals surface area contributed by atoms with Crippen molar-refractivity contribution in [1.82, 2.24) is 5.32 Å². The molecule has 20 heavy (non-hydrogen) atoms. The first kappa shape index (κ1) is 14.7. The molecule has 0 saturated carbocycles. The number of nitrogens with one attached hydrogen (secondary N) is 1. The van der Waals surface area contributed by atoms with E-state index in [1.165, 1.54) is 0 Å². The molecule has 1 aliphatic rings. The number of amides is 1. The van der Waals surface area contributed by atoms with Crippen LogP contribution in [-0.4, -0.2) is 25.2 Å². The largest absolute Gasteiger partial charge is 0.491 e. The normalized spacial score (nSPS) is 18.4. The number of carbonyl (C=O) groups excluding carboxylic acids is 1. The van der Waals surface area contributed by atoms with Crippen molar-refractivity contribution in [2.75, 3.05) is 13.2 Å². The van der Waals surface area contributed by atoms with E-state index >= 15 is 0 Å². The van der Waals surface area contributed by atoms with Gasteiger partial charge in [-0.25, -0.2) is 0 Å². The van der Waals surface area contributed by atoms with Gasteiger partial charge >= 0.3 is 0 Å². The third-order valence-electron chi connectivity index (χ3n) is 3.17. The molecule has 1 aromatic rings. The fraction of sp³-hybridized carbons (Fsp3) is 0.533. The van der Waals surface area contributed by atoms with Crippen LogP contribution in [0.5, 0.6) is 11.5 Å². The Morgan fingerprint density at radius 3 is 2.95 bits per heavy atom. The second kappa shape index (κ2) is 6.13. The van der Waals surface area contributed by atoms with Crippen molar-refractivity contribution in [1.29, 1.82) is 0 Å². The van der Waals surface area contributed by atoms with Crippen LogP contribution in [0.1, 0.15) is 32.4 Å². The van der Waals surface area contributed by atoms with Gasteiger partial charge in [0.2, 0.25) is 0 Å². The fourth-order valence-corrected chi connectivity index (χ4v) is 1.99. The van der Waals surface area contributed by atoms with Gasteiger partial charge in [-0.2, -0.15) is 0 Å². The Kier molecular flexibility index (Phi) is 4.49. The van der Waals surface area contributed by atoms with Crippen LogP contribution >= 0.6 is 0 Å². The van der Waals surface area contributed by atoms with Gasteiger partial charge < -0.3 is 20.5 Å². The first-order valence-corrected chi connectivity index (χ1v) is 6.94. The summed E-state index contributed by atoms with van der Waals surface area (Å²) in [5.41, 5.74) is 6.86. The van der Waals surface area contributed by atoms with Crippen molar-refractivity contribution in [3.63, 3.8) is 0 Å². The maximum atomic E-state index is 11.9. The molecular weight excluding hydrogens is 256 g/mol. The lowest BCUT2D eigenvalue weighted by Gasteiger charge is -2.16. The summed E-state index contributed by atoms with van der Waals surface area (Å²) in [6, 6.07) is 5.42. The summed E-state index contributed by atoms with van der Waals surface area (Å²) in [5, 5.41) is 2.85. The van der Waals surface area contributed by atoms with Crippen LogP contribution < -0.4 is 20.5 Å². The Labute approximate surface area is 119 Å². The van der Waals surface area contributed by atoms with Gasteiger partial charge in [-0.05, 0) is 25.0 Å². The Hall–Kier alpha value is -1.75. The van der Waals surface area contributed by atoms with E-state index in [0.717, 1.165) is 11.3 Å². The molecule has 1 aromatic carbocycles. The maximum absolute atomic E-state index is 11.9. The van der Waals surface area contributed by atoms with E-state index in [1.54, 1.807) is 13.0 Å². The van der Waals surface area contributed by atoms with Crippen LogP contribution in [0.3, 0.4) is 0 Å². The van der Waals surface area contributed by atoms with E-state index in [0.29, 0.717) is 24.8 Å². The van der Waals surface area contributed by atoms with Crippen molar-refractivity contribution in [2.45, 2.75) is 32.9 Å². The monoisotopic (exact) mass is 278 g/mol. The van der Waals surface area contributed by atoms with Crippen LogP contribution in [0.15, 0.2) is 18.2 Å². The predicted molar refractivity (Wildman–Crippen MR) is 76.8 cm³/mol. The average Bonchev–Trinajstić information content (AvgIpc) is 2.77. The molecule has 2 unspecified atom stereocenters. The number of ether oxygens (including phenoxy) is 2. The molecule has 110 valence electrons. The number of hydrogen-bond donors (Lipinski definition) is 2. The van der Waals surface area contributed by atoms with E-state index < -0.39 is 6.10 Å². The second-order valence-corrected chi connectivity index (χ2v) is 5.52. The Bertz CT molecular complexity index is 488. The lowest BCUT2D eigenvalue weighted by molar-refractivity contribution is -0.127. The van der Waals surface area contributed by atoms with Gasteiger partial charge in [0.1, 0.15) is 18.1 Å². The number of benzene rings is 1. The third kappa shape index (κ3) is 3.42. The van der Waals surface area contributed by atoms with Crippen LogP contribution in [-0.2, 0) is 4.79 Å². The molecule has 2 atom stereocenters. The van der Waals surface area contributed by atoms with Crippen LogP contribution in [0.4, 0.5) is 0 Å². The molecule has 0 spiro atoms. The zero-order valence-electron chi connectivity index (χ0n) is 12.2. The molecule has 1 amide bonds. The first-order valence-electron chi connectivity index (χ1n) is 6.94. The topological polar surface area (TPSA) is 73.6 Å². The summed E-state index contributed by atoms with van der Waals surface area (Å²) in [7, 11) is 0. The highest BCUT2D eigenvalue weighted by molar-refractivity contribution is 5.80. The van der Waals surface area contributed by atoms with Crippen molar-refractivity contribution >= 4 is 5.91 Å². The van der Waals surface area contributed by atoms with E-state index in [4.69, 9.17) is 15.2 Å². The van der Waals surface area contributed by atoms with Gasteiger partial charge in [0.25, 0.3) is 5.91 Å². The van der Waals surface area contributed by atoms with Gasteiger partial charge in [-0.15, -0.1) is 0 Å². The first-order chi connectivity index (χ1) is 9.47. The lowest BCUT2D eigenvalue weighted by atomic mass is 10.1. The molecule has 0 aromatic heterocycles. The quantitative estimate of drug-likeness (QED) is 0.858. The average molecular weight is 278 g/mol. The van der Waals surface area contributed by atoms with E-state index in [9.17, 15) is 4.79 Å². The highest BCUT2D eigenvalue weighted by Crippen LogP contribution is 2.34. The molecule has 5 heteroatoms. The summed E-state index contributed by atoms with van der Waals surface area (Å²) in [6.45, 7) is 6.97. The summed E-state index contributed by atoms with van der Waals surface area (Å²) in [6.07, 6.45) is -0.540. The number of fused-ring (bicyclic) bond motifs is 1. The number of nitrogens with two attached hydrogens (primary N) is 1. The van der Waals surface area contributed by atoms with Crippen LogP contribution in [0.2, 0.25) is 0 Å². The number of hydrogen-bond acceptors (Lipinski definition) is 4. The van der Waals surface area contributed by atoms with Crippen molar-refractivity contribution < 1.29 is 14.3 Å². The predicted octanol–water partition coefficient (Wildman–Crippen LogP) is 1.62. The Morgan fingerprint density at radius 2 is 2.25 bits per heavy atom. The third-order valence-corrected chi connectivity index (χ3v) is 3.17. The van der Waals surface area contributed by atoms with Crippen LogP contribution in [0.25, 0.3) is 0 Å². The SMILES string of the molecule is CC(C)CNC(=O)C(C)Oc1ccc2c(c1)OCC2N. The molecule has 1 heterocycles. The van der Waals surface area contributed by atoms with Crippen molar-refractivity contribution in [3.05, 3.63) is 23.8 Å². The minimum absolute atomic E-state index is 0.0780. The zero-order chi connectivity index (χ0) is 14.7. The van der Waals surface area contributed by atoms with Gasteiger partial charge in [-0.1, -0.05) is 13.8 Å². The van der Waals surface area contributed by atoms with Crippen molar-refractivity contribution in [3.8, 4) is 11.5 Å². The minimum Gasteiger partial charge on any atom is -0.491 e. The summed E-state index contributed by atoms with van der Waals surface area (Å²) < 4.78 is 11.1. The zero-order valence-corrected chi connectivity index (χ0v) is 12.2. The van der Waals surface area contributed by atoms with Gasteiger partial charge in [0.05, 0.1) is 6.04 Å². The Morgan fingerprint density at radius 1 is 1.50 bits per heavy atom. The smallest absolute Gasteiger partial charge is 0.260 e. The van der Waals surface area contributed by atoms with Gasteiger partial charge in [0, 0.05) is 18.2 Å². The standard InChI is InChI=1S/C15H22N2O3/c1-9(2)7-17-15(18)10(3)20-11-4-5-12-13(16)8-19-14(12)6-11/h4-6,9-10,13H,7-8,16H2,1-3H3,(H,17,18). The molecule has 0 bridgehead atoms.